The summed E-state index contributed by atoms with van der Waals surface area (Å²) in [4.78, 5) is 12.1. The number of amides is 1. The Morgan fingerprint density at radius 3 is 2.84 bits per heavy atom. The molecule has 1 aromatic carbocycles. The summed E-state index contributed by atoms with van der Waals surface area (Å²) >= 11 is 11.9. The van der Waals surface area contributed by atoms with E-state index in [0.717, 1.165) is 0 Å². The quantitative estimate of drug-likeness (QED) is 0.901. The number of aromatic nitrogens is 4. The Hall–Kier alpha value is -1.86. The molecule has 0 saturated carbocycles. The summed E-state index contributed by atoms with van der Waals surface area (Å²) in [5, 5.41) is 23.1. The first kappa shape index (κ1) is 13.6. The molecule has 0 spiro atoms. The SMILES string of the molecule is O=C(O)N[C@H](Cn1ncnn1)c1ccc(Cl)cc1Cl. The topological polar surface area (TPSA) is 92.9 Å². The second kappa shape index (κ2) is 5.85. The summed E-state index contributed by atoms with van der Waals surface area (Å²) in [6.07, 6.45) is 0.0949. The first-order valence-corrected chi connectivity index (χ1v) is 5.97. The van der Waals surface area contributed by atoms with Crippen LogP contribution in [0.15, 0.2) is 24.5 Å². The van der Waals surface area contributed by atoms with Crippen molar-refractivity contribution in [2.24, 2.45) is 0 Å². The second-order valence-electron chi connectivity index (χ2n) is 3.66. The number of halogens is 2. The highest BCUT2D eigenvalue weighted by Crippen LogP contribution is 2.27. The molecule has 0 fully saturated rings. The third-order valence-corrected chi connectivity index (χ3v) is 2.94. The zero-order chi connectivity index (χ0) is 13.8. The Balaban J connectivity index is 2.28. The first-order valence-electron chi connectivity index (χ1n) is 5.21. The number of nitrogens with zero attached hydrogens (tertiary/aromatic N) is 4. The molecule has 19 heavy (non-hydrogen) atoms. The highest BCUT2D eigenvalue weighted by Gasteiger charge is 2.18. The van der Waals surface area contributed by atoms with Crippen molar-refractivity contribution in [1.29, 1.82) is 0 Å². The van der Waals surface area contributed by atoms with Gasteiger partial charge in [-0.05, 0) is 22.9 Å². The predicted octanol–water partition coefficient (Wildman–Crippen LogP) is 1.99. The largest absolute Gasteiger partial charge is 0.465 e. The lowest BCUT2D eigenvalue weighted by molar-refractivity contribution is 0.187. The van der Waals surface area contributed by atoms with Crippen LogP contribution in [0.5, 0.6) is 0 Å². The van der Waals surface area contributed by atoms with E-state index in [1.54, 1.807) is 18.2 Å². The summed E-state index contributed by atoms with van der Waals surface area (Å²) in [7, 11) is 0. The van der Waals surface area contributed by atoms with Crippen molar-refractivity contribution in [3.8, 4) is 0 Å². The number of rotatable bonds is 4. The molecule has 2 rings (SSSR count). The number of carbonyl (C=O) groups is 1. The molecular weight excluding hydrogens is 293 g/mol. The van der Waals surface area contributed by atoms with Crippen LogP contribution < -0.4 is 5.32 Å². The molecule has 2 aromatic rings. The van der Waals surface area contributed by atoms with Gasteiger partial charge in [-0.2, -0.15) is 4.80 Å². The molecule has 0 saturated heterocycles. The molecule has 0 radical (unpaired) electrons. The van der Waals surface area contributed by atoms with Gasteiger partial charge in [-0.3, -0.25) is 0 Å². The van der Waals surface area contributed by atoms with Crippen molar-refractivity contribution in [3.63, 3.8) is 0 Å². The smallest absolute Gasteiger partial charge is 0.405 e. The maximum Gasteiger partial charge on any atom is 0.405 e. The number of nitrogens with one attached hydrogen (secondary N) is 1. The van der Waals surface area contributed by atoms with Gasteiger partial charge < -0.3 is 10.4 Å². The van der Waals surface area contributed by atoms with Gasteiger partial charge in [0.25, 0.3) is 0 Å². The van der Waals surface area contributed by atoms with Gasteiger partial charge in [0.2, 0.25) is 0 Å². The molecule has 0 aliphatic heterocycles. The fourth-order valence-corrected chi connectivity index (χ4v) is 2.13. The molecule has 0 aliphatic rings. The van der Waals surface area contributed by atoms with Crippen molar-refractivity contribution in [1.82, 2.24) is 25.5 Å². The maximum absolute atomic E-state index is 10.8. The molecule has 1 aromatic heterocycles. The van der Waals surface area contributed by atoms with E-state index in [4.69, 9.17) is 28.3 Å². The Kier molecular flexibility index (Phi) is 4.18. The van der Waals surface area contributed by atoms with E-state index in [0.29, 0.717) is 15.6 Å². The average molecular weight is 302 g/mol. The van der Waals surface area contributed by atoms with Crippen LogP contribution in [0.1, 0.15) is 11.6 Å². The molecule has 1 heterocycles. The van der Waals surface area contributed by atoms with Crippen LogP contribution in [0.25, 0.3) is 0 Å². The van der Waals surface area contributed by atoms with Gasteiger partial charge in [0, 0.05) is 10.0 Å². The molecule has 9 heteroatoms. The van der Waals surface area contributed by atoms with E-state index in [1.807, 2.05) is 0 Å². The van der Waals surface area contributed by atoms with Crippen LogP contribution >= 0.6 is 23.2 Å². The van der Waals surface area contributed by atoms with E-state index in [1.165, 1.54) is 11.1 Å². The van der Waals surface area contributed by atoms with Crippen molar-refractivity contribution in [2.75, 3.05) is 0 Å². The minimum absolute atomic E-state index is 0.174. The Bertz CT molecular complexity index is 575. The number of hydrogen-bond acceptors (Lipinski definition) is 4. The average Bonchev–Trinajstić information content (AvgIpc) is 2.80. The van der Waals surface area contributed by atoms with Crippen molar-refractivity contribution < 1.29 is 9.90 Å². The molecule has 1 amide bonds. The van der Waals surface area contributed by atoms with E-state index >= 15 is 0 Å². The number of carboxylic acid groups (broad SMARTS) is 1. The van der Waals surface area contributed by atoms with E-state index in [9.17, 15) is 4.79 Å². The molecule has 0 aliphatic carbocycles. The van der Waals surface area contributed by atoms with Crippen LogP contribution in [0.2, 0.25) is 10.0 Å². The fourth-order valence-electron chi connectivity index (χ4n) is 1.59. The van der Waals surface area contributed by atoms with Crippen LogP contribution in [0.4, 0.5) is 4.79 Å². The van der Waals surface area contributed by atoms with Crippen molar-refractivity contribution >= 4 is 29.3 Å². The van der Waals surface area contributed by atoms with Crippen LogP contribution in [0.3, 0.4) is 0 Å². The molecule has 100 valence electrons. The van der Waals surface area contributed by atoms with E-state index in [-0.39, 0.29) is 6.54 Å². The zero-order valence-corrected chi connectivity index (χ0v) is 11.0. The lowest BCUT2D eigenvalue weighted by atomic mass is 10.1. The number of hydrogen-bond donors (Lipinski definition) is 2. The standard InChI is InChI=1S/C10H9Cl2N5O2/c11-6-1-2-7(8(12)3-6)9(15-10(18)19)4-17-14-5-13-16-17/h1-3,5,9,15H,4H2,(H,18,19)/t9-/m1/s1. The molecule has 0 bridgehead atoms. The van der Waals surface area contributed by atoms with Gasteiger partial charge in [-0.15, -0.1) is 10.2 Å². The monoisotopic (exact) mass is 301 g/mol. The zero-order valence-electron chi connectivity index (χ0n) is 9.49. The van der Waals surface area contributed by atoms with E-state index < -0.39 is 12.1 Å². The molecule has 0 unspecified atom stereocenters. The highest BCUT2D eigenvalue weighted by molar-refractivity contribution is 6.35. The molecule has 1 atom stereocenters. The predicted molar refractivity (Wildman–Crippen MR) is 68.2 cm³/mol. The minimum Gasteiger partial charge on any atom is -0.465 e. The third-order valence-electron chi connectivity index (χ3n) is 2.37. The molecule has 7 nitrogen and oxygen atoms in total. The summed E-state index contributed by atoms with van der Waals surface area (Å²) in [5.74, 6) is 0. The van der Waals surface area contributed by atoms with Gasteiger partial charge in [0.05, 0.1) is 12.6 Å². The Morgan fingerprint density at radius 1 is 1.47 bits per heavy atom. The summed E-state index contributed by atoms with van der Waals surface area (Å²) < 4.78 is 0. The van der Waals surface area contributed by atoms with Crippen molar-refractivity contribution in [2.45, 2.75) is 12.6 Å². The van der Waals surface area contributed by atoms with Gasteiger partial charge in [0.1, 0.15) is 0 Å². The second-order valence-corrected chi connectivity index (χ2v) is 4.50. The van der Waals surface area contributed by atoms with Gasteiger partial charge in [-0.25, -0.2) is 4.79 Å². The highest BCUT2D eigenvalue weighted by atomic mass is 35.5. The third kappa shape index (κ3) is 3.55. The van der Waals surface area contributed by atoms with Crippen LogP contribution in [0, 0.1) is 0 Å². The first-order chi connectivity index (χ1) is 9.06. The minimum atomic E-state index is -1.17. The lowest BCUT2D eigenvalue weighted by Crippen LogP contribution is -2.31. The Morgan fingerprint density at radius 2 is 2.26 bits per heavy atom. The summed E-state index contributed by atoms with van der Waals surface area (Å²) in [6.45, 7) is 0.174. The van der Waals surface area contributed by atoms with E-state index in [2.05, 4.69) is 20.7 Å². The Labute approximate surface area is 118 Å². The lowest BCUT2D eigenvalue weighted by Gasteiger charge is -2.17. The number of tetrazole rings is 1. The van der Waals surface area contributed by atoms with Gasteiger partial charge >= 0.3 is 6.09 Å². The molecule has 2 N–H and O–H groups in total. The van der Waals surface area contributed by atoms with Crippen molar-refractivity contribution in [3.05, 3.63) is 40.1 Å². The van der Waals surface area contributed by atoms with Crippen LogP contribution in [-0.4, -0.2) is 31.4 Å². The number of benzene rings is 1. The summed E-state index contributed by atoms with van der Waals surface area (Å²) in [5.41, 5.74) is 0.589. The fraction of sp³-hybridized carbons (Fsp3) is 0.200. The normalized spacial score (nSPS) is 12.1. The summed E-state index contributed by atoms with van der Waals surface area (Å²) in [6, 6.07) is 4.23. The van der Waals surface area contributed by atoms with Crippen LogP contribution in [-0.2, 0) is 6.54 Å². The molecular formula is C10H9Cl2N5O2. The maximum atomic E-state index is 10.8. The van der Waals surface area contributed by atoms with Gasteiger partial charge in [0.15, 0.2) is 6.33 Å². The van der Waals surface area contributed by atoms with Gasteiger partial charge in [-0.1, -0.05) is 29.3 Å².